The highest BCUT2D eigenvalue weighted by Crippen LogP contribution is 2.28. The predicted molar refractivity (Wildman–Crippen MR) is 49.7 cm³/mol. The minimum atomic E-state index is 0.803. The van der Waals surface area contributed by atoms with E-state index in [1.807, 2.05) is 4.68 Å². The van der Waals surface area contributed by atoms with Crippen molar-refractivity contribution in [2.24, 2.45) is 0 Å². The molecule has 0 atom stereocenters. The molecule has 0 aliphatic carbocycles. The van der Waals surface area contributed by atoms with E-state index in [-0.39, 0.29) is 0 Å². The van der Waals surface area contributed by atoms with Gasteiger partial charge in [0.1, 0.15) is 10.8 Å². The molecule has 0 unspecified atom stereocenters. The van der Waals surface area contributed by atoms with Crippen molar-refractivity contribution in [1.82, 2.24) is 9.78 Å². The summed E-state index contributed by atoms with van der Waals surface area (Å²) in [6.45, 7) is 4.07. The van der Waals surface area contributed by atoms with Gasteiger partial charge in [0.25, 0.3) is 0 Å². The summed E-state index contributed by atoms with van der Waals surface area (Å²) in [5.74, 6) is 1.000. The van der Waals surface area contributed by atoms with Gasteiger partial charge in [-0.1, -0.05) is 18.5 Å². The average Bonchev–Trinajstić information content (AvgIpc) is 2.44. The minimum absolute atomic E-state index is 0.803. The summed E-state index contributed by atoms with van der Waals surface area (Å²) in [4.78, 5) is 0. The molecule has 1 aromatic rings. The number of fused-ring (bicyclic) bond motifs is 1. The van der Waals surface area contributed by atoms with E-state index in [9.17, 15) is 0 Å². The van der Waals surface area contributed by atoms with E-state index in [0.29, 0.717) is 0 Å². The molecular weight excluding hydrogens is 174 g/mol. The number of aryl methyl sites for hydroxylation is 2. The van der Waals surface area contributed by atoms with Crippen LogP contribution in [-0.2, 0) is 13.0 Å². The van der Waals surface area contributed by atoms with Crippen molar-refractivity contribution in [3.63, 3.8) is 0 Å². The van der Waals surface area contributed by atoms with Crippen LogP contribution in [-0.4, -0.2) is 16.3 Å². The number of aromatic nitrogens is 2. The molecule has 4 heteroatoms. The molecule has 2 rings (SSSR count). The number of nitrogens with one attached hydrogen (secondary N) is 1. The molecule has 12 heavy (non-hydrogen) atoms. The number of hydrogen-bond acceptors (Lipinski definition) is 2. The van der Waals surface area contributed by atoms with E-state index in [4.69, 9.17) is 11.6 Å². The van der Waals surface area contributed by atoms with Gasteiger partial charge in [-0.2, -0.15) is 5.10 Å². The van der Waals surface area contributed by atoms with Gasteiger partial charge in [-0.3, -0.25) is 0 Å². The van der Waals surface area contributed by atoms with Gasteiger partial charge >= 0.3 is 0 Å². The Hall–Kier alpha value is -0.700. The maximum atomic E-state index is 6.10. The normalized spacial score (nSPS) is 15.5. The Kier molecular flexibility index (Phi) is 1.97. The largest absolute Gasteiger partial charge is 0.369 e. The predicted octanol–water partition coefficient (Wildman–Crippen LogP) is 1.91. The summed E-state index contributed by atoms with van der Waals surface area (Å²) in [6, 6.07) is 0. The fraction of sp³-hybridized carbons (Fsp3) is 0.625. The lowest BCUT2D eigenvalue weighted by atomic mass is 10.3. The van der Waals surface area contributed by atoms with Crippen LogP contribution >= 0.6 is 11.6 Å². The minimum Gasteiger partial charge on any atom is -0.369 e. The first-order valence-corrected chi connectivity index (χ1v) is 4.69. The molecule has 0 saturated carbocycles. The quantitative estimate of drug-likeness (QED) is 0.725. The van der Waals surface area contributed by atoms with Crippen molar-refractivity contribution in [2.75, 3.05) is 11.9 Å². The number of rotatable bonds is 1. The Morgan fingerprint density at radius 1 is 1.67 bits per heavy atom. The van der Waals surface area contributed by atoms with Gasteiger partial charge in [-0.25, -0.2) is 4.68 Å². The molecule has 66 valence electrons. The highest BCUT2D eigenvalue weighted by atomic mass is 35.5. The van der Waals surface area contributed by atoms with Crippen LogP contribution in [0.3, 0.4) is 0 Å². The molecule has 3 nitrogen and oxygen atoms in total. The van der Waals surface area contributed by atoms with Gasteiger partial charge in [0.15, 0.2) is 0 Å². The van der Waals surface area contributed by atoms with Crippen LogP contribution in [0.25, 0.3) is 0 Å². The first-order valence-electron chi connectivity index (χ1n) is 4.32. The molecule has 1 aliphatic heterocycles. The molecule has 2 heterocycles. The summed E-state index contributed by atoms with van der Waals surface area (Å²) in [5.41, 5.74) is 1.00. The van der Waals surface area contributed by atoms with E-state index >= 15 is 0 Å². The maximum Gasteiger partial charge on any atom is 0.143 e. The molecule has 0 bridgehead atoms. The lowest BCUT2D eigenvalue weighted by Gasteiger charge is -2.15. The van der Waals surface area contributed by atoms with Crippen molar-refractivity contribution >= 4 is 17.4 Å². The topological polar surface area (TPSA) is 29.9 Å². The van der Waals surface area contributed by atoms with Crippen LogP contribution in [0.5, 0.6) is 0 Å². The van der Waals surface area contributed by atoms with Crippen molar-refractivity contribution < 1.29 is 0 Å². The van der Waals surface area contributed by atoms with Crippen LogP contribution in [0.15, 0.2) is 0 Å². The zero-order valence-electron chi connectivity index (χ0n) is 7.10. The summed E-state index contributed by atoms with van der Waals surface area (Å²) >= 11 is 6.10. The molecule has 0 amide bonds. The molecular formula is C8H12ClN3. The average molecular weight is 186 g/mol. The van der Waals surface area contributed by atoms with Gasteiger partial charge in [-0.05, 0) is 12.8 Å². The molecule has 1 N–H and O–H groups in total. The molecule has 0 spiro atoms. The van der Waals surface area contributed by atoms with Crippen molar-refractivity contribution in [2.45, 2.75) is 26.3 Å². The van der Waals surface area contributed by atoms with Gasteiger partial charge in [0, 0.05) is 13.1 Å². The van der Waals surface area contributed by atoms with E-state index in [0.717, 1.165) is 42.5 Å². The molecule has 1 aliphatic rings. The monoisotopic (exact) mass is 185 g/mol. The lowest BCUT2D eigenvalue weighted by Crippen LogP contribution is -2.17. The van der Waals surface area contributed by atoms with E-state index in [1.54, 1.807) is 0 Å². The van der Waals surface area contributed by atoms with Crippen molar-refractivity contribution in [1.29, 1.82) is 0 Å². The summed E-state index contributed by atoms with van der Waals surface area (Å²) in [7, 11) is 0. The standard InChI is InChI=1S/C8H12ClN3/c1-2-6-7(9)8-10-4-3-5-12(8)11-6/h10H,2-5H2,1H3. The number of nitrogens with zero attached hydrogens (tertiary/aromatic N) is 2. The van der Waals surface area contributed by atoms with Crippen LogP contribution in [0.4, 0.5) is 5.82 Å². The van der Waals surface area contributed by atoms with Crippen LogP contribution in [0, 0.1) is 0 Å². The van der Waals surface area contributed by atoms with Gasteiger partial charge in [0.05, 0.1) is 5.69 Å². The van der Waals surface area contributed by atoms with E-state index in [1.165, 1.54) is 0 Å². The van der Waals surface area contributed by atoms with Crippen LogP contribution in [0.1, 0.15) is 19.0 Å². The fourth-order valence-electron chi connectivity index (χ4n) is 1.48. The molecule has 0 radical (unpaired) electrons. The van der Waals surface area contributed by atoms with E-state index < -0.39 is 0 Å². The SMILES string of the molecule is CCc1nn2c(c1Cl)NCCC2. The third-order valence-electron chi connectivity index (χ3n) is 2.13. The fourth-order valence-corrected chi connectivity index (χ4v) is 1.82. The Bertz CT molecular complexity index is 293. The second-order valence-electron chi connectivity index (χ2n) is 2.97. The van der Waals surface area contributed by atoms with Gasteiger partial charge in [-0.15, -0.1) is 0 Å². The molecule has 0 fully saturated rings. The van der Waals surface area contributed by atoms with Gasteiger partial charge < -0.3 is 5.32 Å². The number of hydrogen-bond donors (Lipinski definition) is 1. The zero-order valence-corrected chi connectivity index (χ0v) is 7.86. The Morgan fingerprint density at radius 3 is 3.17 bits per heavy atom. The first-order chi connectivity index (χ1) is 5.83. The third kappa shape index (κ3) is 1.08. The Labute approximate surface area is 76.7 Å². The highest BCUT2D eigenvalue weighted by Gasteiger charge is 2.16. The number of anilines is 1. The maximum absolute atomic E-state index is 6.10. The number of halogens is 1. The van der Waals surface area contributed by atoms with E-state index in [2.05, 4.69) is 17.3 Å². The third-order valence-corrected chi connectivity index (χ3v) is 2.53. The molecule has 1 aromatic heterocycles. The summed E-state index contributed by atoms with van der Waals surface area (Å²) < 4.78 is 1.96. The molecule has 0 aromatic carbocycles. The molecule has 0 saturated heterocycles. The first kappa shape index (κ1) is 7.92. The van der Waals surface area contributed by atoms with Crippen molar-refractivity contribution in [3.8, 4) is 0 Å². The smallest absolute Gasteiger partial charge is 0.143 e. The summed E-state index contributed by atoms with van der Waals surface area (Å²) in [5, 5.41) is 8.45. The highest BCUT2D eigenvalue weighted by molar-refractivity contribution is 6.33. The second-order valence-corrected chi connectivity index (χ2v) is 3.34. The summed E-state index contributed by atoms with van der Waals surface area (Å²) in [6.07, 6.45) is 2.04. The lowest BCUT2D eigenvalue weighted by molar-refractivity contribution is 0.562. The van der Waals surface area contributed by atoms with Gasteiger partial charge in [0.2, 0.25) is 0 Å². The van der Waals surface area contributed by atoms with Crippen molar-refractivity contribution in [3.05, 3.63) is 10.7 Å². The Morgan fingerprint density at radius 2 is 2.50 bits per heavy atom. The second kappa shape index (κ2) is 2.98. The zero-order chi connectivity index (χ0) is 8.55. The Balaban J connectivity index is 2.44. The van der Waals surface area contributed by atoms with Crippen LogP contribution < -0.4 is 5.32 Å². The van der Waals surface area contributed by atoms with Crippen LogP contribution in [0.2, 0.25) is 5.02 Å².